The number of halogens is 1. The zero-order valence-electron chi connectivity index (χ0n) is 11.7. The molecule has 1 amide bonds. The number of hydroxylamine groups is 1. The molecule has 0 aliphatic heterocycles. The third-order valence-corrected chi connectivity index (χ3v) is 2.18. The maximum absolute atomic E-state index is 12.6. The van der Waals surface area contributed by atoms with Gasteiger partial charge in [-0.1, -0.05) is 6.07 Å². The van der Waals surface area contributed by atoms with E-state index in [-0.39, 0.29) is 13.0 Å². The maximum Gasteiger partial charge on any atom is 0.431 e. The number of aliphatic hydroxyl groups is 1. The molecule has 0 saturated carbocycles. The molecular formula is C13H19FN2O4. The first-order valence-electron chi connectivity index (χ1n) is 6.18. The molecule has 2 N–H and O–H groups in total. The van der Waals surface area contributed by atoms with Crippen molar-refractivity contribution in [2.45, 2.75) is 38.9 Å². The van der Waals surface area contributed by atoms with E-state index in [0.717, 1.165) is 0 Å². The van der Waals surface area contributed by atoms with Crippen molar-refractivity contribution in [1.82, 2.24) is 10.5 Å². The van der Waals surface area contributed by atoms with Gasteiger partial charge in [-0.2, -0.15) is 9.87 Å². The van der Waals surface area contributed by atoms with Gasteiger partial charge in [-0.05, 0) is 32.4 Å². The molecule has 1 aromatic heterocycles. The van der Waals surface area contributed by atoms with Gasteiger partial charge in [0.25, 0.3) is 0 Å². The van der Waals surface area contributed by atoms with Gasteiger partial charge in [0.2, 0.25) is 5.95 Å². The summed E-state index contributed by atoms with van der Waals surface area (Å²) in [6.45, 7) is 5.28. The number of hydrogen-bond donors (Lipinski definition) is 2. The third-order valence-electron chi connectivity index (χ3n) is 2.18. The second kappa shape index (κ2) is 7.16. The monoisotopic (exact) mass is 286 g/mol. The van der Waals surface area contributed by atoms with Crippen molar-refractivity contribution in [2.75, 3.05) is 6.61 Å². The first-order chi connectivity index (χ1) is 9.28. The van der Waals surface area contributed by atoms with Crippen molar-refractivity contribution >= 4 is 6.09 Å². The average molecular weight is 286 g/mol. The van der Waals surface area contributed by atoms with Crippen molar-refractivity contribution in [2.24, 2.45) is 0 Å². The van der Waals surface area contributed by atoms with Crippen LogP contribution in [0.3, 0.4) is 0 Å². The molecule has 0 saturated heterocycles. The van der Waals surface area contributed by atoms with Crippen molar-refractivity contribution in [3.8, 4) is 0 Å². The van der Waals surface area contributed by atoms with Crippen molar-refractivity contribution in [1.29, 1.82) is 0 Å². The van der Waals surface area contributed by atoms with Gasteiger partial charge in [-0.15, -0.1) is 0 Å². The second-order valence-electron chi connectivity index (χ2n) is 5.17. The molecule has 0 aliphatic carbocycles. The lowest BCUT2D eigenvalue weighted by atomic mass is 10.1. The molecule has 0 fully saturated rings. The first kappa shape index (κ1) is 16.3. The molecule has 0 bridgehead atoms. The summed E-state index contributed by atoms with van der Waals surface area (Å²) >= 11 is 0. The topological polar surface area (TPSA) is 80.7 Å². The maximum atomic E-state index is 12.6. The van der Waals surface area contributed by atoms with Crippen LogP contribution in [0.15, 0.2) is 18.3 Å². The standard InChI is InChI=1S/C13H19FN2O4/c1-13(2,3)20-12(18)16-19-7-6-10(17)9-4-5-11(14)15-8-9/h4-5,8,10,17H,6-7H2,1-3H3,(H,16,18). The Morgan fingerprint density at radius 3 is 2.75 bits per heavy atom. The normalized spacial score (nSPS) is 12.8. The Hall–Kier alpha value is -1.73. The predicted molar refractivity (Wildman–Crippen MR) is 69.1 cm³/mol. The molecule has 20 heavy (non-hydrogen) atoms. The highest BCUT2D eigenvalue weighted by molar-refractivity contribution is 5.66. The summed E-state index contributed by atoms with van der Waals surface area (Å²) < 4.78 is 17.6. The summed E-state index contributed by atoms with van der Waals surface area (Å²) in [5, 5.41) is 9.78. The molecule has 7 heteroatoms. The molecule has 0 aliphatic rings. The van der Waals surface area contributed by atoms with Crippen LogP contribution in [-0.4, -0.2) is 28.4 Å². The molecule has 1 rings (SSSR count). The van der Waals surface area contributed by atoms with E-state index in [2.05, 4.69) is 10.5 Å². The molecule has 6 nitrogen and oxygen atoms in total. The Kier molecular flexibility index (Phi) is 5.84. The van der Waals surface area contributed by atoms with Crippen molar-refractivity contribution in [3.05, 3.63) is 29.8 Å². The van der Waals surface area contributed by atoms with Crippen LogP contribution in [0.2, 0.25) is 0 Å². The highest BCUT2D eigenvalue weighted by atomic mass is 19.1. The van der Waals surface area contributed by atoms with Crippen LogP contribution >= 0.6 is 0 Å². The van der Waals surface area contributed by atoms with E-state index in [1.54, 1.807) is 20.8 Å². The quantitative estimate of drug-likeness (QED) is 0.492. The Bertz CT molecular complexity index is 431. The second-order valence-corrected chi connectivity index (χ2v) is 5.17. The Balaban J connectivity index is 2.24. The van der Waals surface area contributed by atoms with Crippen molar-refractivity contribution < 1.29 is 23.9 Å². The highest BCUT2D eigenvalue weighted by Gasteiger charge is 2.16. The van der Waals surface area contributed by atoms with E-state index in [9.17, 15) is 14.3 Å². The number of nitrogens with one attached hydrogen (secondary N) is 1. The number of rotatable bonds is 5. The van der Waals surface area contributed by atoms with E-state index in [4.69, 9.17) is 9.57 Å². The SMILES string of the molecule is CC(C)(C)OC(=O)NOCCC(O)c1ccc(F)nc1. The molecule has 1 unspecified atom stereocenters. The van der Waals surface area contributed by atoms with E-state index in [1.165, 1.54) is 18.3 Å². The summed E-state index contributed by atoms with van der Waals surface area (Å²) in [7, 11) is 0. The van der Waals surface area contributed by atoms with Crippen molar-refractivity contribution in [3.63, 3.8) is 0 Å². The molecule has 1 aromatic rings. The largest absolute Gasteiger partial charge is 0.442 e. The van der Waals surface area contributed by atoms with E-state index >= 15 is 0 Å². The molecule has 1 heterocycles. The smallest absolute Gasteiger partial charge is 0.431 e. The van der Waals surface area contributed by atoms with Gasteiger partial charge in [0.15, 0.2) is 0 Å². The number of carbonyl (C=O) groups excluding carboxylic acids is 1. The van der Waals surface area contributed by atoms with Gasteiger partial charge in [-0.25, -0.2) is 9.78 Å². The third kappa shape index (κ3) is 6.44. The lowest BCUT2D eigenvalue weighted by molar-refractivity contribution is -0.0162. The van der Waals surface area contributed by atoms with Crippen LogP contribution < -0.4 is 5.48 Å². The number of aliphatic hydroxyl groups excluding tert-OH is 1. The summed E-state index contributed by atoms with van der Waals surface area (Å²) in [5.74, 6) is -0.608. The van der Waals surface area contributed by atoms with Crippen LogP contribution in [0.1, 0.15) is 38.9 Å². The lowest BCUT2D eigenvalue weighted by Gasteiger charge is -2.19. The lowest BCUT2D eigenvalue weighted by Crippen LogP contribution is -2.32. The minimum atomic E-state index is -0.844. The molecular weight excluding hydrogens is 267 g/mol. The van der Waals surface area contributed by atoms with Crippen LogP contribution in [0.5, 0.6) is 0 Å². The number of hydrogen-bond acceptors (Lipinski definition) is 5. The molecule has 1 atom stereocenters. The van der Waals surface area contributed by atoms with E-state index in [1.807, 2.05) is 0 Å². The fraction of sp³-hybridized carbons (Fsp3) is 0.538. The molecule has 112 valence electrons. The number of nitrogens with zero attached hydrogens (tertiary/aromatic N) is 1. The highest BCUT2D eigenvalue weighted by Crippen LogP contribution is 2.15. The number of carbonyl (C=O) groups is 1. The Labute approximate surface area is 116 Å². The van der Waals surface area contributed by atoms with Gasteiger partial charge < -0.3 is 9.84 Å². The van der Waals surface area contributed by atoms with Crippen LogP contribution in [0.4, 0.5) is 9.18 Å². The average Bonchev–Trinajstić information content (AvgIpc) is 2.33. The minimum absolute atomic E-state index is 0.0811. The summed E-state index contributed by atoms with van der Waals surface area (Å²) in [5.41, 5.74) is 1.98. The van der Waals surface area contributed by atoms with E-state index in [0.29, 0.717) is 5.56 Å². The molecule has 0 radical (unpaired) electrons. The Morgan fingerprint density at radius 1 is 1.50 bits per heavy atom. The predicted octanol–water partition coefficient (Wildman–Crippen LogP) is 2.10. The number of aromatic nitrogens is 1. The fourth-order valence-corrected chi connectivity index (χ4v) is 1.33. The summed E-state index contributed by atoms with van der Waals surface area (Å²) in [4.78, 5) is 19.6. The molecule has 0 aromatic carbocycles. The number of amides is 1. The number of pyridine rings is 1. The van der Waals surface area contributed by atoms with Gasteiger partial charge in [0, 0.05) is 12.6 Å². The zero-order chi connectivity index (χ0) is 15.2. The van der Waals surface area contributed by atoms with Gasteiger partial charge in [0.05, 0.1) is 12.7 Å². The zero-order valence-corrected chi connectivity index (χ0v) is 11.7. The van der Waals surface area contributed by atoms with Gasteiger partial charge >= 0.3 is 6.09 Å². The van der Waals surface area contributed by atoms with Crippen LogP contribution in [0, 0.1) is 5.95 Å². The fourth-order valence-electron chi connectivity index (χ4n) is 1.33. The summed E-state index contributed by atoms with van der Waals surface area (Å²) in [6.07, 6.45) is -0.0660. The summed E-state index contributed by atoms with van der Waals surface area (Å²) in [6, 6.07) is 2.60. The van der Waals surface area contributed by atoms with Crippen LogP contribution in [-0.2, 0) is 9.57 Å². The van der Waals surface area contributed by atoms with E-state index < -0.39 is 23.7 Å². The Morgan fingerprint density at radius 2 is 2.20 bits per heavy atom. The van der Waals surface area contributed by atoms with Crippen LogP contribution in [0.25, 0.3) is 0 Å². The van der Waals surface area contributed by atoms with Gasteiger partial charge in [0.1, 0.15) is 5.60 Å². The first-order valence-corrected chi connectivity index (χ1v) is 6.18. The minimum Gasteiger partial charge on any atom is -0.442 e. The van der Waals surface area contributed by atoms with Gasteiger partial charge in [-0.3, -0.25) is 4.84 Å². The molecule has 0 spiro atoms. The number of ether oxygens (including phenoxy) is 1.